The van der Waals surface area contributed by atoms with Crippen LogP contribution in [0.3, 0.4) is 0 Å². The first-order valence-electron chi connectivity index (χ1n) is 11.7. The van der Waals surface area contributed by atoms with Gasteiger partial charge in [0.2, 0.25) is 0 Å². The first-order chi connectivity index (χ1) is 14.0. The zero-order valence-corrected chi connectivity index (χ0v) is 20.5. The molecule has 1 saturated carbocycles. The van der Waals surface area contributed by atoms with E-state index in [2.05, 4.69) is 71.7 Å². The number of rotatable bonds is 9. The van der Waals surface area contributed by atoms with Crippen LogP contribution in [0.5, 0.6) is 5.75 Å². The van der Waals surface area contributed by atoms with Gasteiger partial charge in [-0.2, -0.15) is 0 Å². The fourth-order valence-corrected chi connectivity index (χ4v) is 4.19. The Kier molecular flexibility index (Phi) is 9.20. The first-order valence-corrected chi connectivity index (χ1v) is 11.7. The Morgan fingerprint density at radius 3 is 2.27 bits per heavy atom. The van der Waals surface area contributed by atoms with Crippen molar-refractivity contribution in [1.82, 2.24) is 4.90 Å². The van der Waals surface area contributed by atoms with Gasteiger partial charge >= 0.3 is 0 Å². The summed E-state index contributed by atoms with van der Waals surface area (Å²) in [6.45, 7) is 15.4. The smallest absolute Gasteiger partial charge is 0.123 e. The van der Waals surface area contributed by atoms with Crippen molar-refractivity contribution >= 4 is 0 Å². The van der Waals surface area contributed by atoms with E-state index in [1.165, 1.54) is 43.2 Å². The molecule has 30 heavy (non-hydrogen) atoms. The van der Waals surface area contributed by atoms with Crippen LogP contribution in [0, 0.1) is 0 Å². The van der Waals surface area contributed by atoms with Crippen molar-refractivity contribution in [3.05, 3.63) is 29.3 Å². The molecule has 1 fully saturated rings. The van der Waals surface area contributed by atoms with Crippen LogP contribution < -0.4 is 4.74 Å². The Bertz CT molecular complexity index is 639. The van der Waals surface area contributed by atoms with Crippen molar-refractivity contribution in [3.8, 4) is 5.75 Å². The maximum atomic E-state index is 10.3. The molecule has 0 radical (unpaired) electrons. The number of benzene rings is 1. The fourth-order valence-electron chi connectivity index (χ4n) is 4.19. The lowest BCUT2D eigenvalue weighted by molar-refractivity contribution is 0.00314. The molecule has 0 aromatic heterocycles. The van der Waals surface area contributed by atoms with Crippen molar-refractivity contribution in [1.29, 1.82) is 0 Å². The number of hydrogen-bond acceptors (Lipinski definition) is 4. The lowest BCUT2D eigenvalue weighted by Crippen LogP contribution is -2.40. The monoisotopic (exact) mass is 419 g/mol. The summed E-state index contributed by atoms with van der Waals surface area (Å²) in [5, 5.41) is 10.3. The van der Waals surface area contributed by atoms with E-state index >= 15 is 0 Å². The molecule has 0 amide bonds. The van der Waals surface area contributed by atoms with E-state index in [0.717, 1.165) is 5.75 Å². The summed E-state index contributed by atoms with van der Waals surface area (Å²) in [6.07, 6.45) is 6.03. The summed E-state index contributed by atoms with van der Waals surface area (Å²) in [5.41, 5.74) is 2.67. The lowest BCUT2D eigenvalue weighted by Gasteiger charge is -2.32. The predicted octanol–water partition coefficient (Wildman–Crippen LogP) is 5.30. The third-order valence-electron chi connectivity index (χ3n) is 6.15. The minimum absolute atomic E-state index is 0.0113. The molecule has 1 N–H and O–H groups in total. The number of aliphatic hydroxyl groups is 1. The van der Waals surface area contributed by atoms with Crippen molar-refractivity contribution in [2.45, 2.75) is 96.6 Å². The number of hydrogen-bond donors (Lipinski definition) is 1. The molecule has 1 aromatic carbocycles. The van der Waals surface area contributed by atoms with E-state index in [4.69, 9.17) is 9.47 Å². The molecule has 1 unspecified atom stereocenters. The van der Waals surface area contributed by atoms with E-state index in [-0.39, 0.29) is 10.8 Å². The van der Waals surface area contributed by atoms with Crippen LogP contribution in [-0.2, 0) is 15.6 Å². The van der Waals surface area contributed by atoms with Gasteiger partial charge in [-0.1, -0.05) is 72.9 Å². The molecule has 0 saturated heterocycles. The Hall–Kier alpha value is -1.10. The second-order valence-corrected chi connectivity index (χ2v) is 11.0. The topological polar surface area (TPSA) is 41.9 Å². The normalized spacial score (nSPS) is 17.4. The molecule has 1 atom stereocenters. The summed E-state index contributed by atoms with van der Waals surface area (Å²) in [6, 6.07) is 7.15. The molecular formula is C26H45NO3. The maximum Gasteiger partial charge on any atom is 0.123 e. The van der Waals surface area contributed by atoms with Gasteiger partial charge in [-0.15, -0.1) is 0 Å². The molecule has 0 bridgehead atoms. The van der Waals surface area contributed by atoms with Gasteiger partial charge in [0.25, 0.3) is 0 Å². The highest BCUT2D eigenvalue weighted by Gasteiger charge is 2.23. The van der Waals surface area contributed by atoms with Gasteiger partial charge in [0, 0.05) is 12.6 Å². The van der Waals surface area contributed by atoms with Crippen LogP contribution in [0.25, 0.3) is 0 Å². The van der Waals surface area contributed by atoms with Crippen LogP contribution in [-0.4, -0.2) is 55.6 Å². The highest BCUT2D eigenvalue weighted by molar-refractivity contribution is 5.43. The van der Waals surface area contributed by atoms with E-state index in [1.807, 2.05) is 0 Å². The molecule has 0 spiro atoms. The summed E-state index contributed by atoms with van der Waals surface area (Å²) in [4.78, 5) is 2.30. The van der Waals surface area contributed by atoms with Crippen LogP contribution in [0.1, 0.15) is 84.8 Å². The Morgan fingerprint density at radius 2 is 1.67 bits per heavy atom. The molecule has 1 aliphatic carbocycles. The van der Waals surface area contributed by atoms with E-state index in [0.29, 0.717) is 32.4 Å². The minimum atomic E-state index is -0.451. The van der Waals surface area contributed by atoms with Crippen LogP contribution in [0.2, 0.25) is 0 Å². The lowest BCUT2D eigenvalue weighted by atomic mass is 9.80. The molecule has 0 aliphatic heterocycles. The average molecular weight is 420 g/mol. The number of nitrogens with zero attached hydrogens (tertiary/aromatic N) is 1. The van der Waals surface area contributed by atoms with Gasteiger partial charge in [-0.3, -0.25) is 0 Å². The average Bonchev–Trinajstić information content (AvgIpc) is 2.67. The standard InChI is InChI=1S/C26H45NO3/c1-25(2,3)20-13-14-24(23(17-20)26(4,5)6)30-16-15-29-19-22(28)18-27(7)21-11-9-8-10-12-21/h13-14,17,21-22,28H,8-12,15-16,18-19H2,1-7H3. The third-order valence-corrected chi connectivity index (χ3v) is 6.15. The van der Waals surface area contributed by atoms with Gasteiger partial charge in [0.15, 0.2) is 0 Å². The summed E-state index contributed by atoms with van der Waals surface area (Å²) in [5.74, 6) is 0.927. The molecule has 1 aromatic rings. The summed E-state index contributed by atoms with van der Waals surface area (Å²) < 4.78 is 11.8. The van der Waals surface area contributed by atoms with E-state index in [1.54, 1.807) is 0 Å². The molecule has 0 heterocycles. The van der Waals surface area contributed by atoms with Crippen LogP contribution in [0.4, 0.5) is 0 Å². The van der Waals surface area contributed by atoms with Gasteiger partial charge in [-0.05, 0) is 47.9 Å². The van der Waals surface area contributed by atoms with Crippen molar-refractivity contribution in [2.75, 3.05) is 33.4 Å². The molecule has 2 rings (SSSR count). The summed E-state index contributed by atoms with van der Waals surface area (Å²) >= 11 is 0. The van der Waals surface area contributed by atoms with Crippen LogP contribution in [0.15, 0.2) is 18.2 Å². The van der Waals surface area contributed by atoms with Gasteiger partial charge in [0.05, 0.1) is 19.3 Å². The maximum absolute atomic E-state index is 10.3. The second-order valence-electron chi connectivity index (χ2n) is 11.0. The highest BCUT2D eigenvalue weighted by Crippen LogP contribution is 2.35. The van der Waals surface area contributed by atoms with Gasteiger partial charge < -0.3 is 19.5 Å². The predicted molar refractivity (Wildman–Crippen MR) is 126 cm³/mol. The first kappa shape index (κ1) is 25.2. The quantitative estimate of drug-likeness (QED) is 0.551. The zero-order chi connectivity index (χ0) is 22.4. The molecular weight excluding hydrogens is 374 g/mol. The SMILES string of the molecule is CN(CC(O)COCCOc1ccc(C(C)(C)C)cc1C(C)(C)C)C1CCCCC1. The molecule has 4 nitrogen and oxygen atoms in total. The largest absolute Gasteiger partial charge is 0.491 e. The highest BCUT2D eigenvalue weighted by atomic mass is 16.5. The van der Waals surface area contributed by atoms with Gasteiger partial charge in [-0.25, -0.2) is 0 Å². The number of likely N-dealkylation sites (N-methyl/N-ethyl adjacent to an activating group) is 1. The van der Waals surface area contributed by atoms with Crippen LogP contribution >= 0.6 is 0 Å². The van der Waals surface area contributed by atoms with Gasteiger partial charge in [0.1, 0.15) is 12.4 Å². The molecule has 1 aliphatic rings. The second kappa shape index (κ2) is 11.0. The van der Waals surface area contributed by atoms with E-state index < -0.39 is 6.10 Å². The minimum Gasteiger partial charge on any atom is -0.491 e. The van der Waals surface area contributed by atoms with Crippen molar-refractivity contribution < 1.29 is 14.6 Å². The van der Waals surface area contributed by atoms with Crippen molar-refractivity contribution in [2.24, 2.45) is 0 Å². The molecule has 4 heteroatoms. The zero-order valence-electron chi connectivity index (χ0n) is 20.5. The molecule has 172 valence electrons. The summed E-state index contributed by atoms with van der Waals surface area (Å²) in [7, 11) is 2.12. The Labute approximate surface area is 185 Å². The van der Waals surface area contributed by atoms with Crippen molar-refractivity contribution in [3.63, 3.8) is 0 Å². The Balaban J connectivity index is 1.78. The third kappa shape index (κ3) is 7.86. The fraction of sp³-hybridized carbons (Fsp3) is 0.769. The number of aliphatic hydroxyl groups excluding tert-OH is 1. The Morgan fingerprint density at radius 1 is 1.00 bits per heavy atom. The number of ether oxygens (including phenoxy) is 2. The van der Waals surface area contributed by atoms with E-state index in [9.17, 15) is 5.11 Å².